The third-order valence-electron chi connectivity index (χ3n) is 8.99. The predicted molar refractivity (Wildman–Crippen MR) is 182 cm³/mol. The van der Waals surface area contributed by atoms with Crippen LogP contribution in [0.3, 0.4) is 0 Å². The zero-order valence-electron chi connectivity index (χ0n) is 29.5. The van der Waals surface area contributed by atoms with Gasteiger partial charge in [-0.1, -0.05) is 39.0 Å². The number of likely N-dealkylation sites (tertiary alicyclic amines) is 1. The van der Waals surface area contributed by atoms with Gasteiger partial charge in [-0.3, -0.25) is 24.4 Å². The fourth-order valence-electron chi connectivity index (χ4n) is 5.81. The van der Waals surface area contributed by atoms with Gasteiger partial charge < -0.3 is 25.0 Å². The van der Waals surface area contributed by atoms with Crippen LogP contribution >= 0.6 is 0 Å². The number of ether oxygens (including phenoxy) is 2. The summed E-state index contributed by atoms with van der Waals surface area (Å²) in [4.78, 5) is 68.7. The minimum atomic E-state index is -3.91. The third kappa shape index (κ3) is 8.91. The molecule has 0 aromatic heterocycles. The number of hydrogen-bond acceptors (Lipinski definition) is 9. The first-order valence-corrected chi connectivity index (χ1v) is 18.0. The molecule has 1 aromatic carbocycles. The number of aryl methyl sites for hydroxylation is 1. The number of hydrogen-bond donors (Lipinski definition) is 4. The van der Waals surface area contributed by atoms with Gasteiger partial charge in [0.1, 0.15) is 29.3 Å². The Bertz CT molecular complexity index is 1630. The number of benzene rings is 1. The number of rotatable bonds is 10. The van der Waals surface area contributed by atoms with Gasteiger partial charge in [0.25, 0.3) is 5.91 Å². The number of nitrogens with zero attached hydrogens (tertiary/aromatic N) is 1. The number of anilines is 1. The van der Waals surface area contributed by atoms with Crippen LogP contribution < -0.4 is 20.7 Å². The summed E-state index contributed by atoms with van der Waals surface area (Å²) in [5, 5.41) is 7.40. The molecule has 2 saturated carbocycles. The van der Waals surface area contributed by atoms with Crippen molar-refractivity contribution in [3.8, 4) is 0 Å². The first-order valence-electron chi connectivity index (χ1n) is 16.4. The van der Waals surface area contributed by atoms with Gasteiger partial charge in [0.2, 0.25) is 21.8 Å². The maximum Gasteiger partial charge on any atom is 0.411 e. The normalized spacial score (nSPS) is 24.2. The van der Waals surface area contributed by atoms with Crippen molar-refractivity contribution in [1.29, 1.82) is 0 Å². The lowest BCUT2D eigenvalue weighted by molar-refractivity contribution is -0.143. The van der Waals surface area contributed by atoms with Crippen LogP contribution in [0.1, 0.15) is 78.4 Å². The van der Waals surface area contributed by atoms with Crippen molar-refractivity contribution in [2.75, 3.05) is 11.9 Å². The molecule has 270 valence electrons. The monoisotopic (exact) mass is 703 g/mol. The maximum absolute atomic E-state index is 14.3. The van der Waals surface area contributed by atoms with E-state index >= 15 is 0 Å². The van der Waals surface area contributed by atoms with E-state index in [1.54, 1.807) is 53.7 Å². The molecule has 14 nitrogen and oxygen atoms in total. The third-order valence-corrected chi connectivity index (χ3v) is 10.8. The number of carbonyl (C=O) groups excluding carboxylic acids is 5. The molecule has 49 heavy (non-hydrogen) atoms. The number of sulfonamides is 1. The Morgan fingerprint density at radius 3 is 2.24 bits per heavy atom. The minimum absolute atomic E-state index is 0.109. The van der Waals surface area contributed by atoms with Crippen molar-refractivity contribution in [3.05, 3.63) is 42.0 Å². The second-order valence-electron chi connectivity index (χ2n) is 15.3. The lowest BCUT2D eigenvalue weighted by atomic mass is 9.85. The second-order valence-corrected chi connectivity index (χ2v) is 17.2. The molecule has 0 spiro atoms. The van der Waals surface area contributed by atoms with Gasteiger partial charge in [0, 0.05) is 18.0 Å². The Balaban J connectivity index is 1.59. The van der Waals surface area contributed by atoms with Gasteiger partial charge in [-0.25, -0.2) is 18.0 Å². The Kier molecular flexibility index (Phi) is 10.5. The van der Waals surface area contributed by atoms with E-state index in [9.17, 15) is 32.4 Å². The van der Waals surface area contributed by atoms with Gasteiger partial charge >= 0.3 is 12.2 Å². The van der Waals surface area contributed by atoms with Crippen LogP contribution in [0.5, 0.6) is 0 Å². The molecule has 1 aromatic rings. The van der Waals surface area contributed by atoms with E-state index in [0.717, 1.165) is 11.1 Å². The molecule has 4 N–H and O–H groups in total. The Hall–Kier alpha value is -4.14. The van der Waals surface area contributed by atoms with Gasteiger partial charge in [0.05, 0.1) is 11.8 Å². The van der Waals surface area contributed by atoms with E-state index in [4.69, 9.17) is 9.47 Å². The van der Waals surface area contributed by atoms with E-state index in [0.29, 0.717) is 18.5 Å². The highest BCUT2D eigenvalue weighted by Crippen LogP contribution is 2.45. The lowest BCUT2D eigenvalue weighted by Crippen LogP contribution is -2.60. The minimum Gasteiger partial charge on any atom is -0.444 e. The SMILES string of the molecule is C=CC1CC1(NC(=O)[C@@H]1C[C@@H](OC(=O)Nc2cccc(C)c2C)CN1C(=O)[C@@H](NC(=O)OC(C)(C)C)C(C)(C)C)C(=O)NS(=O)(=O)C1CC1. The van der Waals surface area contributed by atoms with Crippen molar-refractivity contribution in [2.24, 2.45) is 11.3 Å². The lowest BCUT2D eigenvalue weighted by Gasteiger charge is -2.36. The zero-order valence-corrected chi connectivity index (χ0v) is 30.3. The molecule has 2 aliphatic carbocycles. The highest BCUT2D eigenvalue weighted by Gasteiger charge is 2.62. The molecule has 1 saturated heterocycles. The fourth-order valence-corrected chi connectivity index (χ4v) is 7.18. The summed E-state index contributed by atoms with van der Waals surface area (Å²) in [5.74, 6) is -2.82. The van der Waals surface area contributed by atoms with Crippen LogP contribution in [0, 0.1) is 25.2 Å². The van der Waals surface area contributed by atoms with Crippen LogP contribution in [0.2, 0.25) is 0 Å². The molecule has 1 aliphatic heterocycles. The van der Waals surface area contributed by atoms with E-state index in [1.165, 1.54) is 11.0 Å². The molecular weight excluding hydrogens is 654 g/mol. The largest absolute Gasteiger partial charge is 0.444 e. The van der Waals surface area contributed by atoms with Gasteiger partial charge in [-0.05, 0) is 76.5 Å². The van der Waals surface area contributed by atoms with Crippen LogP contribution in [-0.4, -0.2) is 84.3 Å². The summed E-state index contributed by atoms with van der Waals surface area (Å²) in [5.41, 5.74) is -0.948. The van der Waals surface area contributed by atoms with Crippen LogP contribution in [0.25, 0.3) is 0 Å². The standard InChI is InChI=1S/C34H49N5O9S/c1-10-21-17-34(21,29(42)38-49(45,46)23-14-15-23)37-27(40)25-16-22(47-30(43)35-24-13-11-12-19(2)20(24)3)18-39(25)28(41)26(32(4,5)6)36-31(44)48-33(7,8)9/h10-13,21-23,25-26H,1,14-18H2,2-9H3,(H,35,43)(H,36,44)(H,37,40)(H,38,42)/t21?,22-,25+,26-,34?/m1/s1. The molecule has 15 heteroatoms. The summed E-state index contributed by atoms with van der Waals surface area (Å²) in [6, 6.07) is 3.00. The average molecular weight is 704 g/mol. The summed E-state index contributed by atoms with van der Waals surface area (Å²) in [6.45, 7) is 17.5. The van der Waals surface area contributed by atoms with Crippen molar-refractivity contribution in [3.63, 3.8) is 0 Å². The summed E-state index contributed by atoms with van der Waals surface area (Å²) in [6.07, 6.45) is -0.238. The molecular formula is C34H49N5O9S. The summed E-state index contributed by atoms with van der Waals surface area (Å²) in [7, 11) is -3.91. The first-order chi connectivity index (χ1) is 22.6. The van der Waals surface area contributed by atoms with Crippen molar-refractivity contribution in [1.82, 2.24) is 20.3 Å². The highest BCUT2D eigenvalue weighted by atomic mass is 32.2. The van der Waals surface area contributed by atoms with Crippen LogP contribution in [0.15, 0.2) is 30.9 Å². The Labute approximate surface area is 288 Å². The van der Waals surface area contributed by atoms with E-state index in [1.807, 2.05) is 19.9 Å². The number of carbonyl (C=O) groups is 5. The maximum atomic E-state index is 14.3. The van der Waals surface area contributed by atoms with E-state index in [2.05, 4.69) is 27.3 Å². The average Bonchev–Trinajstić information content (AvgIpc) is 3.89. The predicted octanol–water partition coefficient (Wildman–Crippen LogP) is 3.43. The molecule has 1 heterocycles. The van der Waals surface area contributed by atoms with Crippen LogP contribution in [0.4, 0.5) is 15.3 Å². The highest BCUT2D eigenvalue weighted by molar-refractivity contribution is 7.91. The number of alkyl carbamates (subject to hydrolysis) is 1. The second kappa shape index (κ2) is 13.6. The smallest absolute Gasteiger partial charge is 0.411 e. The zero-order chi connectivity index (χ0) is 36.7. The van der Waals surface area contributed by atoms with Crippen LogP contribution in [-0.2, 0) is 33.9 Å². The molecule has 0 radical (unpaired) electrons. The molecule has 5 atom stereocenters. The first kappa shape index (κ1) is 37.7. The number of nitrogens with one attached hydrogen (secondary N) is 4. The van der Waals surface area contributed by atoms with Crippen molar-refractivity contribution < 1.29 is 41.9 Å². The molecule has 3 aliphatic rings. The topological polar surface area (TPSA) is 189 Å². The Morgan fingerprint density at radius 1 is 1.04 bits per heavy atom. The molecule has 0 bridgehead atoms. The summed E-state index contributed by atoms with van der Waals surface area (Å²) >= 11 is 0. The van der Waals surface area contributed by atoms with Gasteiger partial charge in [0.15, 0.2) is 0 Å². The molecule has 3 fully saturated rings. The molecule has 5 amide bonds. The fraction of sp³-hybridized carbons (Fsp3) is 0.618. The molecule has 2 unspecified atom stereocenters. The van der Waals surface area contributed by atoms with Gasteiger partial charge in [-0.15, -0.1) is 6.58 Å². The van der Waals surface area contributed by atoms with E-state index < -0.39 is 85.8 Å². The Morgan fingerprint density at radius 2 is 1.69 bits per heavy atom. The van der Waals surface area contributed by atoms with Crippen molar-refractivity contribution in [2.45, 2.75) is 116 Å². The van der Waals surface area contributed by atoms with E-state index in [-0.39, 0.29) is 19.4 Å². The van der Waals surface area contributed by atoms with Crippen molar-refractivity contribution >= 4 is 45.6 Å². The van der Waals surface area contributed by atoms with Gasteiger partial charge in [-0.2, -0.15) is 0 Å². The summed E-state index contributed by atoms with van der Waals surface area (Å²) < 4.78 is 38.4. The number of amides is 5. The molecule has 4 rings (SSSR count). The quantitative estimate of drug-likeness (QED) is 0.265.